The molecule has 0 amide bonds. The zero-order valence-electron chi connectivity index (χ0n) is 17.4. The quantitative estimate of drug-likeness (QED) is 0.493. The number of hydrogen-bond donors (Lipinski definition) is 1. The number of likely N-dealkylation sites (tertiary alicyclic amines) is 1. The maximum Gasteiger partial charge on any atom is 0.338 e. The molecule has 1 heterocycles. The number of nitrogens with zero attached hydrogens (tertiary/aromatic N) is 1. The largest absolute Gasteiger partial charge is 0.489 e. The Balaban J connectivity index is 1.54. The Bertz CT molecular complexity index is 959. The molecule has 0 spiro atoms. The number of piperidine rings is 1. The number of hydrogen-bond acceptors (Lipinski definition) is 3. The topological polar surface area (TPSA) is 49.8 Å². The Morgan fingerprint density at radius 2 is 1.90 bits per heavy atom. The summed E-state index contributed by atoms with van der Waals surface area (Å²) in [5, 5.41) is 10.5. The summed E-state index contributed by atoms with van der Waals surface area (Å²) in [5.74, 6) is -1.26. The Morgan fingerprint density at radius 3 is 2.52 bits per heavy atom. The molecule has 4 rings (SSSR count). The Morgan fingerprint density at radius 1 is 1.19 bits per heavy atom. The van der Waals surface area contributed by atoms with Crippen LogP contribution in [0.2, 0.25) is 10.0 Å². The lowest BCUT2D eigenvalue weighted by atomic mass is 9.98. The summed E-state index contributed by atoms with van der Waals surface area (Å²) in [6.07, 6.45) is 4.60. The van der Waals surface area contributed by atoms with Crippen molar-refractivity contribution in [1.82, 2.24) is 4.90 Å². The van der Waals surface area contributed by atoms with Crippen molar-refractivity contribution in [1.29, 1.82) is 0 Å². The van der Waals surface area contributed by atoms with Crippen LogP contribution in [-0.2, 0) is 0 Å². The number of carbonyl (C=O) groups is 1. The van der Waals surface area contributed by atoms with E-state index < -0.39 is 11.8 Å². The standard InChI is InChI=1S/C24H26Cl2FNO3/c1-2-22(15-8-16(25)10-17(26)9-15)28-7-3-4-18(13-28)31-23-12-21(27)20(24(29)30)11-19(23)14-5-6-14/h8-12,14,18,22H,2-7,13H2,1H3,(H,29,30)/t18-,22+/m1/s1. The van der Waals surface area contributed by atoms with Gasteiger partial charge in [-0.3, -0.25) is 4.90 Å². The molecular formula is C24H26Cl2FNO3. The van der Waals surface area contributed by atoms with E-state index in [0.29, 0.717) is 22.3 Å². The van der Waals surface area contributed by atoms with Gasteiger partial charge < -0.3 is 9.84 Å². The number of halogens is 3. The molecule has 7 heteroatoms. The van der Waals surface area contributed by atoms with Crippen LogP contribution in [0.25, 0.3) is 0 Å². The minimum atomic E-state index is -1.25. The summed E-state index contributed by atoms with van der Waals surface area (Å²) in [6.45, 7) is 3.77. The molecule has 2 aliphatic rings. The van der Waals surface area contributed by atoms with Gasteiger partial charge in [0, 0.05) is 28.7 Å². The summed E-state index contributed by atoms with van der Waals surface area (Å²) in [6, 6.07) is 8.51. The summed E-state index contributed by atoms with van der Waals surface area (Å²) in [4.78, 5) is 13.7. The number of carboxylic acids is 1. The van der Waals surface area contributed by atoms with Gasteiger partial charge in [-0.15, -0.1) is 0 Å². The molecule has 1 aliphatic heterocycles. The normalized spacial score (nSPS) is 20.5. The molecule has 4 nitrogen and oxygen atoms in total. The highest BCUT2D eigenvalue weighted by Crippen LogP contribution is 2.45. The predicted octanol–water partition coefficient (Wildman–Crippen LogP) is 6.70. The summed E-state index contributed by atoms with van der Waals surface area (Å²) < 4.78 is 20.7. The SMILES string of the molecule is CC[C@@H](c1cc(Cl)cc(Cl)c1)N1CCC[C@@H](Oc2cc(F)c(C(=O)O)cc2C2CC2)C1. The molecule has 31 heavy (non-hydrogen) atoms. The third kappa shape index (κ3) is 5.16. The van der Waals surface area contributed by atoms with Crippen LogP contribution in [0.5, 0.6) is 5.75 Å². The van der Waals surface area contributed by atoms with Crippen molar-refractivity contribution in [2.24, 2.45) is 0 Å². The third-order valence-corrected chi connectivity index (χ3v) is 6.58. The number of carboxylic acid groups (broad SMARTS) is 1. The molecule has 2 aromatic carbocycles. The van der Waals surface area contributed by atoms with Crippen molar-refractivity contribution < 1.29 is 19.0 Å². The van der Waals surface area contributed by atoms with Gasteiger partial charge in [-0.2, -0.15) is 0 Å². The van der Waals surface area contributed by atoms with E-state index in [1.54, 1.807) is 6.07 Å². The minimum Gasteiger partial charge on any atom is -0.489 e. The highest BCUT2D eigenvalue weighted by Gasteiger charge is 2.32. The van der Waals surface area contributed by atoms with Crippen molar-refractivity contribution in [3.63, 3.8) is 0 Å². The summed E-state index contributed by atoms with van der Waals surface area (Å²) >= 11 is 12.4. The average molecular weight is 466 g/mol. The van der Waals surface area contributed by atoms with Gasteiger partial charge in [-0.1, -0.05) is 30.1 Å². The molecule has 1 aliphatic carbocycles. The van der Waals surface area contributed by atoms with Crippen LogP contribution in [0.1, 0.15) is 72.5 Å². The van der Waals surface area contributed by atoms with Crippen LogP contribution < -0.4 is 4.74 Å². The number of ether oxygens (including phenoxy) is 1. The van der Waals surface area contributed by atoms with Crippen LogP contribution in [0.15, 0.2) is 30.3 Å². The maximum absolute atomic E-state index is 14.4. The fraction of sp³-hybridized carbons (Fsp3) is 0.458. The molecule has 0 unspecified atom stereocenters. The zero-order valence-corrected chi connectivity index (χ0v) is 18.9. The van der Waals surface area contributed by atoms with Crippen LogP contribution in [0.3, 0.4) is 0 Å². The monoisotopic (exact) mass is 465 g/mol. The number of aromatic carboxylic acids is 1. The number of benzene rings is 2. The predicted molar refractivity (Wildman–Crippen MR) is 120 cm³/mol. The van der Waals surface area contributed by atoms with Crippen LogP contribution in [0.4, 0.5) is 4.39 Å². The fourth-order valence-electron chi connectivity index (χ4n) is 4.55. The molecule has 0 bridgehead atoms. The smallest absolute Gasteiger partial charge is 0.338 e. The van der Waals surface area contributed by atoms with Gasteiger partial charge >= 0.3 is 5.97 Å². The van der Waals surface area contributed by atoms with Gasteiger partial charge in [0.1, 0.15) is 17.7 Å². The van der Waals surface area contributed by atoms with Crippen molar-refractivity contribution >= 4 is 29.2 Å². The molecular weight excluding hydrogens is 440 g/mol. The van der Waals surface area contributed by atoms with E-state index in [0.717, 1.165) is 49.8 Å². The Hall–Kier alpha value is -1.82. The summed E-state index contributed by atoms with van der Waals surface area (Å²) in [7, 11) is 0. The highest BCUT2D eigenvalue weighted by molar-refractivity contribution is 6.34. The lowest BCUT2D eigenvalue weighted by Crippen LogP contribution is -2.43. The molecule has 0 radical (unpaired) electrons. The van der Waals surface area contributed by atoms with Crippen molar-refractivity contribution in [2.45, 2.75) is 57.1 Å². The first-order valence-corrected chi connectivity index (χ1v) is 11.5. The first kappa shape index (κ1) is 22.4. The van der Waals surface area contributed by atoms with E-state index in [4.69, 9.17) is 27.9 Å². The van der Waals surface area contributed by atoms with E-state index >= 15 is 0 Å². The van der Waals surface area contributed by atoms with E-state index in [1.165, 1.54) is 12.1 Å². The van der Waals surface area contributed by atoms with Crippen LogP contribution >= 0.6 is 23.2 Å². The second-order valence-corrected chi connectivity index (χ2v) is 9.33. The fourth-order valence-corrected chi connectivity index (χ4v) is 5.09. The van der Waals surface area contributed by atoms with Crippen molar-refractivity contribution in [3.05, 3.63) is 62.9 Å². The second-order valence-electron chi connectivity index (χ2n) is 8.45. The van der Waals surface area contributed by atoms with Crippen LogP contribution in [0, 0.1) is 5.82 Å². The van der Waals surface area contributed by atoms with Crippen molar-refractivity contribution in [2.75, 3.05) is 13.1 Å². The van der Waals surface area contributed by atoms with E-state index in [-0.39, 0.29) is 23.6 Å². The first-order valence-electron chi connectivity index (χ1n) is 10.8. The molecule has 2 atom stereocenters. The van der Waals surface area contributed by atoms with E-state index in [1.807, 2.05) is 12.1 Å². The van der Waals surface area contributed by atoms with Gasteiger partial charge in [0.25, 0.3) is 0 Å². The lowest BCUT2D eigenvalue weighted by molar-refractivity contribution is 0.0587. The van der Waals surface area contributed by atoms with Crippen molar-refractivity contribution in [3.8, 4) is 5.75 Å². The van der Waals surface area contributed by atoms with Gasteiger partial charge in [-0.25, -0.2) is 9.18 Å². The third-order valence-electron chi connectivity index (χ3n) is 6.15. The molecule has 0 aromatic heterocycles. The molecule has 166 valence electrons. The molecule has 2 fully saturated rings. The maximum atomic E-state index is 14.4. The minimum absolute atomic E-state index is 0.0926. The van der Waals surface area contributed by atoms with Gasteiger partial charge in [0.15, 0.2) is 0 Å². The molecule has 2 aromatic rings. The van der Waals surface area contributed by atoms with E-state index in [9.17, 15) is 14.3 Å². The Kier molecular flexibility index (Phi) is 6.75. The molecule has 1 N–H and O–H groups in total. The zero-order chi connectivity index (χ0) is 22.1. The van der Waals surface area contributed by atoms with Gasteiger partial charge in [0.05, 0.1) is 5.56 Å². The van der Waals surface area contributed by atoms with E-state index in [2.05, 4.69) is 11.8 Å². The van der Waals surface area contributed by atoms with Gasteiger partial charge in [-0.05, 0) is 80.0 Å². The first-order chi connectivity index (χ1) is 14.9. The lowest BCUT2D eigenvalue weighted by Gasteiger charge is -2.38. The highest BCUT2D eigenvalue weighted by atomic mass is 35.5. The molecule has 1 saturated heterocycles. The number of rotatable bonds is 7. The van der Waals surface area contributed by atoms with Gasteiger partial charge in [0.2, 0.25) is 0 Å². The van der Waals surface area contributed by atoms with Crippen LogP contribution in [-0.4, -0.2) is 35.2 Å². The second kappa shape index (κ2) is 9.35. The average Bonchev–Trinajstić information content (AvgIpc) is 3.53. The molecule has 1 saturated carbocycles. The Labute approximate surface area is 191 Å². The summed E-state index contributed by atoms with van der Waals surface area (Å²) in [5.41, 5.74) is 1.60.